The normalized spacial score (nSPS) is 16.0. The highest BCUT2D eigenvalue weighted by Gasteiger charge is 2.33. The zero-order valence-corrected chi connectivity index (χ0v) is 18.8. The van der Waals surface area contributed by atoms with Crippen LogP contribution in [0, 0.1) is 0 Å². The van der Waals surface area contributed by atoms with E-state index in [-0.39, 0.29) is 12.1 Å². The minimum Gasteiger partial charge on any atom is -0.444 e. The number of aromatic nitrogens is 5. The molecule has 1 fully saturated rings. The summed E-state index contributed by atoms with van der Waals surface area (Å²) in [5.74, 6) is 0.757. The highest BCUT2D eigenvalue weighted by atomic mass is 16.6. The van der Waals surface area contributed by atoms with Gasteiger partial charge in [0.15, 0.2) is 5.82 Å². The van der Waals surface area contributed by atoms with Crippen LogP contribution in [0.1, 0.15) is 43.8 Å². The second-order valence-electron chi connectivity index (χ2n) is 8.87. The smallest absolute Gasteiger partial charge is 0.410 e. The van der Waals surface area contributed by atoms with Crippen LogP contribution in [-0.4, -0.2) is 72.9 Å². The predicted octanol–water partition coefficient (Wildman–Crippen LogP) is 2.76. The number of hydrogen-bond donors (Lipinski definition) is 0. The molecule has 3 heterocycles. The van der Waals surface area contributed by atoms with E-state index in [1.165, 1.54) is 0 Å². The van der Waals surface area contributed by atoms with E-state index in [4.69, 9.17) is 4.74 Å². The van der Waals surface area contributed by atoms with Gasteiger partial charge >= 0.3 is 6.09 Å². The number of nitrogens with zero attached hydrogens (tertiary/aromatic N) is 7. The Morgan fingerprint density at radius 2 is 1.81 bits per heavy atom. The van der Waals surface area contributed by atoms with E-state index in [0.717, 1.165) is 17.0 Å². The van der Waals surface area contributed by atoms with Gasteiger partial charge in [-0.05, 0) is 48.4 Å². The number of carbonyl (C=O) groups is 1. The molecule has 0 spiro atoms. The van der Waals surface area contributed by atoms with Crippen LogP contribution in [0.25, 0.3) is 0 Å². The fourth-order valence-corrected chi connectivity index (χ4v) is 3.83. The number of pyridine rings is 1. The van der Waals surface area contributed by atoms with Crippen LogP contribution in [0.5, 0.6) is 0 Å². The van der Waals surface area contributed by atoms with Gasteiger partial charge in [-0.15, -0.1) is 5.10 Å². The van der Waals surface area contributed by atoms with Crippen molar-refractivity contribution >= 4 is 6.09 Å². The third kappa shape index (κ3) is 5.28. The molecule has 0 N–H and O–H groups in total. The number of rotatable bonds is 5. The number of benzene rings is 1. The number of amides is 1. The van der Waals surface area contributed by atoms with Gasteiger partial charge in [-0.25, -0.2) is 9.48 Å². The zero-order chi connectivity index (χ0) is 22.6. The van der Waals surface area contributed by atoms with Gasteiger partial charge in [-0.1, -0.05) is 36.4 Å². The van der Waals surface area contributed by atoms with Gasteiger partial charge in [-0.2, -0.15) is 0 Å². The Bertz CT molecular complexity index is 1010. The van der Waals surface area contributed by atoms with Crippen LogP contribution in [0.3, 0.4) is 0 Å². The standard InChI is InChI=1S/C23H29N7O2/c1-23(2,3)32-22(31)29-14-12-28(13-15-29)20(19-10-7-11-24-16-19)21-25-26-27-30(21)17-18-8-5-4-6-9-18/h4-11,16,20H,12-15,17H2,1-3H3. The van der Waals surface area contributed by atoms with Crippen LogP contribution in [0.2, 0.25) is 0 Å². The number of piperazine rings is 1. The van der Waals surface area contributed by atoms with Crippen molar-refractivity contribution in [3.05, 3.63) is 71.8 Å². The second-order valence-corrected chi connectivity index (χ2v) is 8.87. The maximum atomic E-state index is 12.5. The van der Waals surface area contributed by atoms with Crippen molar-refractivity contribution in [3.63, 3.8) is 0 Å². The van der Waals surface area contributed by atoms with Crippen molar-refractivity contribution in [1.82, 2.24) is 35.0 Å². The van der Waals surface area contributed by atoms with E-state index in [0.29, 0.717) is 32.7 Å². The van der Waals surface area contributed by atoms with Gasteiger partial charge in [0.1, 0.15) is 5.60 Å². The van der Waals surface area contributed by atoms with E-state index in [1.54, 1.807) is 11.1 Å². The fraction of sp³-hybridized carbons (Fsp3) is 0.435. The summed E-state index contributed by atoms with van der Waals surface area (Å²) in [6.45, 7) is 8.73. The van der Waals surface area contributed by atoms with Gasteiger partial charge in [0, 0.05) is 38.6 Å². The maximum absolute atomic E-state index is 12.5. The summed E-state index contributed by atoms with van der Waals surface area (Å²) in [5.41, 5.74) is 1.63. The third-order valence-corrected chi connectivity index (χ3v) is 5.31. The summed E-state index contributed by atoms with van der Waals surface area (Å²) in [7, 11) is 0. The SMILES string of the molecule is CC(C)(C)OC(=O)N1CCN(C(c2cccnc2)c2nnnn2Cc2ccccc2)CC1. The molecule has 0 bridgehead atoms. The van der Waals surface area contributed by atoms with E-state index in [2.05, 4.69) is 37.5 Å². The Balaban J connectivity index is 1.55. The molecule has 4 rings (SSSR count). The van der Waals surface area contributed by atoms with Gasteiger partial charge < -0.3 is 9.64 Å². The molecule has 1 atom stereocenters. The highest BCUT2D eigenvalue weighted by molar-refractivity contribution is 5.68. The Morgan fingerprint density at radius 3 is 2.47 bits per heavy atom. The van der Waals surface area contributed by atoms with Crippen molar-refractivity contribution in [2.45, 2.75) is 39.0 Å². The Labute approximate surface area is 188 Å². The Morgan fingerprint density at radius 1 is 1.06 bits per heavy atom. The van der Waals surface area contributed by atoms with Crippen molar-refractivity contribution < 1.29 is 9.53 Å². The van der Waals surface area contributed by atoms with Crippen molar-refractivity contribution in [1.29, 1.82) is 0 Å². The van der Waals surface area contributed by atoms with Crippen LogP contribution in [-0.2, 0) is 11.3 Å². The highest BCUT2D eigenvalue weighted by Crippen LogP contribution is 2.28. The monoisotopic (exact) mass is 435 g/mol. The lowest BCUT2D eigenvalue weighted by atomic mass is 10.1. The Kier molecular flexibility index (Phi) is 6.45. The molecule has 1 aliphatic heterocycles. The van der Waals surface area contributed by atoms with Gasteiger partial charge in [0.25, 0.3) is 0 Å². The minimum absolute atomic E-state index is 0.164. The van der Waals surface area contributed by atoms with Gasteiger partial charge in [0.05, 0.1) is 12.6 Å². The largest absolute Gasteiger partial charge is 0.444 e. The lowest BCUT2D eigenvalue weighted by Crippen LogP contribution is -2.51. The molecule has 168 valence electrons. The summed E-state index contributed by atoms with van der Waals surface area (Å²) in [5, 5.41) is 12.6. The number of ether oxygens (including phenoxy) is 1. The van der Waals surface area contributed by atoms with E-state index >= 15 is 0 Å². The first kappa shape index (κ1) is 21.9. The molecular formula is C23H29N7O2. The molecule has 1 amide bonds. The minimum atomic E-state index is -0.508. The molecule has 2 aromatic heterocycles. The lowest BCUT2D eigenvalue weighted by Gasteiger charge is -2.39. The molecule has 3 aromatic rings. The van der Waals surface area contributed by atoms with Crippen LogP contribution in [0.15, 0.2) is 54.9 Å². The maximum Gasteiger partial charge on any atom is 0.410 e. The zero-order valence-electron chi connectivity index (χ0n) is 18.8. The van der Waals surface area contributed by atoms with Crippen LogP contribution < -0.4 is 0 Å². The molecule has 0 aliphatic carbocycles. The summed E-state index contributed by atoms with van der Waals surface area (Å²) in [4.78, 5) is 20.9. The second kappa shape index (κ2) is 9.44. The van der Waals surface area contributed by atoms with Crippen molar-refractivity contribution in [2.24, 2.45) is 0 Å². The number of carbonyl (C=O) groups excluding carboxylic acids is 1. The molecule has 1 unspecified atom stereocenters. The van der Waals surface area contributed by atoms with Crippen molar-refractivity contribution in [3.8, 4) is 0 Å². The van der Waals surface area contributed by atoms with E-state index < -0.39 is 5.60 Å². The predicted molar refractivity (Wildman–Crippen MR) is 119 cm³/mol. The van der Waals surface area contributed by atoms with Crippen LogP contribution >= 0.6 is 0 Å². The lowest BCUT2D eigenvalue weighted by molar-refractivity contribution is 0.0114. The summed E-state index contributed by atoms with van der Waals surface area (Å²) >= 11 is 0. The molecular weight excluding hydrogens is 406 g/mol. The molecule has 1 aliphatic rings. The molecule has 0 radical (unpaired) electrons. The first-order valence-corrected chi connectivity index (χ1v) is 10.8. The Hall–Kier alpha value is -3.33. The van der Waals surface area contributed by atoms with Crippen LogP contribution in [0.4, 0.5) is 4.79 Å². The van der Waals surface area contributed by atoms with Crippen molar-refractivity contribution in [2.75, 3.05) is 26.2 Å². The topological polar surface area (TPSA) is 89.3 Å². The molecule has 1 aromatic carbocycles. The fourth-order valence-electron chi connectivity index (χ4n) is 3.83. The van der Waals surface area contributed by atoms with E-state index in [1.807, 2.05) is 62.0 Å². The van der Waals surface area contributed by atoms with Gasteiger partial charge in [-0.3, -0.25) is 9.88 Å². The summed E-state index contributed by atoms with van der Waals surface area (Å²) < 4.78 is 7.38. The van der Waals surface area contributed by atoms with E-state index in [9.17, 15) is 4.79 Å². The molecule has 0 saturated carbocycles. The first-order chi connectivity index (χ1) is 15.4. The summed E-state index contributed by atoms with van der Waals surface area (Å²) in [6.07, 6.45) is 3.34. The molecule has 9 heteroatoms. The molecule has 9 nitrogen and oxygen atoms in total. The third-order valence-electron chi connectivity index (χ3n) is 5.31. The van der Waals surface area contributed by atoms with Gasteiger partial charge in [0.2, 0.25) is 0 Å². The first-order valence-electron chi connectivity index (χ1n) is 10.8. The quantitative estimate of drug-likeness (QED) is 0.609. The molecule has 32 heavy (non-hydrogen) atoms. The number of hydrogen-bond acceptors (Lipinski definition) is 7. The number of tetrazole rings is 1. The average molecular weight is 436 g/mol. The molecule has 1 saturated heterocycles. The summed E-state index contributed by atoms with van der Waals surface area (Å²) in [6, 6.07) is 13.9. The average Bonchev–Trinajstić information content (AvgIpc) is 3.22.